The van der Waals surface area contributed by atoms with Crippen molar-refractivity contribution in [1.29, 1.82) is 0 Å². The Hall–Kier alpha value is -2.74. The van der Waals surface area contributed by atoms with Crippen LogP contribution in [0.25, 0.3) is 11.3 Å². The first-order chi connectivity index (χ1) is 11.1. The minimum absolute atomic E-state index is 0.200. The van der Waals surface area contributed by atoms with Crippen molar-refractivity contribution in [2.75, 3.05) is 6.54 Å². The molecule has 122 valence electrons. The Morgan fingerprint density at radius 1 is 1.22 bits per heavy atom. The monoisotopic (exact) mass is 320 g/mol. The maximum atomic E-state index is 12.9. The van der Waals surface area contributed by atoms with Crippen LogP contribution in [0.2, 0.25) is 0 Å². The summed E-state index contributed by atoms with van der Waals surface area (Å²) in [6.07, 6.45) is 1.36. The van der Waals surface area contributed by atoms with E-state index in [1.54, 1.807) is 23.7 Å². The van der Waals surface area contributed by atoms with E-state index in [1.165, 1.54) is 12.1 Å². The van der Waals surface area contributed by atoms with Crippen LogP contribution in [-0.4, -0.2) is 33.8 Å². The lowest BCUT2D eigenvalue weighted by Gasteiger charge is -2.02. The molecule has 23 heavy (non-hydrogen) atoms. The molecule has 7 nitrogen and oxygen atoms in total. The van der Waals surface area contributed by atoms with E-state index in [1.807, 2.05) is 0 Å². The van der Waals surface area contributed by atoms with Gasteiger partial charge < -0.3 is 5.32 Å². The summed E-state index contributed by atoms with van der Waals surface area (Å²) < 4.78 is 12.9. The van der Waals surface area contributed by atoms with Crippen molar-refractivity contribution < 1.29 is 19.2 Å². The summed E-state index contributed by atoms with van der Waals surface area (Å²) in [4.78, 5) is 22.7. The molecule has 0 saturated heterocycles. The Morgan fingerprint density at radius 3 is 2.65 bits per heavy atom. The third-order valence-electron chi connectivity index (χ3n) is 3.20. The van der Waals surface area contributed by atoms with Crippen molar-refractivity contribution in [2.45, 2.75) is 19.3 Å². The quantitative estimate of drug-likeness (QED) is 0.353. The number of halogens is 1. The Labute approximate surface area is 131 Å². The van der Waals surface area contributed by atoms with E-state index in [2.05, 4.69) is 15.5 Å². The molecule has 1 aromatic heterocycles. The summed E-state index contributed by atoms with van der Waals surface area (Å²) in [5, 5.41) is 17.7. The van der Waals surface area contributed by atoms with Crippen LogP contribution in [0.15, 0.2) is 30.3 Å². The zero-order valence-electron chi connectivity index (χ0n) is 12.3. The molecule has 2 amide bonds. The van der Waals surface area contributed by atoms with Crippen LogP contribution in [0.3, 0.4) is 0 Å². The van der Waals surface area contributed by atoms with Gasteiger partial charge in [0.1, 0.15) is 11.5 Å². The van der Waals surface area contributed by atoms with Crippen molar-refractivity contribution >= 4 is 11.8 Å². The van der Waals surface area contributed by atoms with E-state index in [0.717, 1.165) is 0 Å². The second-order valence-electron chi connectivity index (χ2n) is 4.92. The zero-order chi connectivity index (χ0) is 16.7. The highest BCUT2D eigenvalue weighted by atomic mass is 19.1. The number of aromatic amines is 1. The van der Waals surface area contributed by atoms with Gasteiger partial charge in [-0.15, -0.1) is 0 Å². The highest BCUT2D eigenvalue weighted by Gasteiger charge is 2.10. The molecule has 4 N–H and O–H groups in total. The number of aromatic nitrogens is 2. The molecule has 0 aliphatic rings. The fourth-order valence-electron chi connectivity index (χ4n) is 1.97. The van der Waals surface area contributed by atoms with Gasteiger partial charge >= 0.3 is 0 Å². The fourth-order valence-corrected chi connectivity index (χ4v) is 1.97. The predicted octanol–water partition coefficient (Wildman–Crippen LogP) is 1.62. The minimum atomic E-state index is -0.450. The largest absolute Gasteiger partial charge is 0.351 e. The van der Waals surface area contributed by atoms with E-state index < -0.39 is 5.91 Å². The Bertz CT molecular complexity index is 670. The predicted molar refractivity (Wildman–Crippen MR) is 80.1 cm³/mol. The Balaban J connectivity index is 1.82. The molecule has 0 fully saturated rings. The molecule has 1 aromatic carbocycles. The van der Waals surface area contributed by atoms with Gasteiger partial charge in [0.05, 0.1) is 5.69 Å². The Morgan fingerprint density at radius 2 is 1.96 bits per heavy atom. The number of hydrogen-bond donors (Lipinski definition) is 4. The van der Waals surface area contributed by atoms with E-state index in [0.29, 0.717) is 36.3 Å². The van der Waals surface area contributed by atoms with Gasteiger partial charge in [-0.2, -0.15) is 5.10 Å². The number of carbonyl (C=O) groups is 2. The molecule has 2 rings (SSSR count). The number of carbonyl (C=O) groups excluding carboxylic acids is 2. The zero-order valence-corrected chi connectivity index (χ0v) is 12.3. The summed E-state index contributed by atoms with van der Waals surface area (Å²) in [6.45, 7) is 0.405. The first-order valence-electron chi connectivity index (χ1n) is 7.12. The lowest BCUT2D eigenvalue weighted by Crippen LogP contribution is -2.25. The van der Waals surface area contributed by atoms with Gasteiger partial charge in [-0.25, -0.2) is 9.87 Å². The summed E-state index contributed by atoms with van der Waals surface area (Å²) in [5.74, 6) is -1.09. The average molecular weight is 320 g/mol. The number of hydrogen-bond acceptors (Lipinski definition) is 4. The van der Waals surface area contributed by atoms with Gasteiger partial charge in [0.2, 0.25) is 5.91 Å². The topological polar surface area (TPSA) is 107 Å². The second kappa shape index (κ2) is 8.04. The molecule has 0 radical (unpaired) electrons. The van der Waals surface area contributed by atoms with E-state index in [9.17, 15) is 14.0 Å². The molecule has 1 heterocycles. The molecule has 0 atom stereocenters. The average Bonchev–Trinajstić information content (AvgIpc) is 3.04. The van der Waals surface area contributed by atoms with Crippen molar-refractivity contribution in [3.63, 3.8) is 0 Å². The molecule has 0 spiro atoms. The molecule has 0 unspecified atom stereocenters. The molecule has 8 heteroatoms. The van der Waals surface area contributed by atoms with Crippen LogP contribution < -0.4 is 10.8 Å². The van der Waals surface area contributed by atoms with Crippen LogP contribution in [0.5, 0.6) is 0 Å². The van der Waals surface area contributed by atoms with Gasteiger partial charge in [-0.3, -0.25) is 19.9 Å². The molecule has 0 bridgehead atoms. The maximum Gasteiger partial charge on any atom is 0.269 e. The highest BCUT2D eigenvalue weighted by molar-refractivity contribution is 5.93. The molecule has 2 aromatic rings. The first-order valence-corrected chi connectivity index (χ1v) is 7.12. The van der Waals surface area contributed by atoms with Gasteiger partial charge in [0, 0.05) is 18.5 Å². The Kier molecular flexibility index (Phi) is 5.81. The second-order valence-corrected chi connectivity index (χ2v) is 4.92. The standard InChI is InChI=1S/C15H17FN4O3/c16-11-6-4-10(5-7-11)12-9-13(19-18-12)15(22)17-8-2-1-3-14(21)20-23/h4-7,9,23H,1-3,8H2,(H,17,22)(H,18,19)(H,20,21). The lowest BCUT2D eigenvalue weighted by atomic mass is 10.1. The number of rotatable bonds is 7. The fraction of sp³-hybridized carbons (Fsp3) is 0.267. The van der Waals surface area contributed by atoms with Gasteiger partial charge in [0.25, 0.3) is 5.91 Å². The van der Waals surface area contributed by atoms with Crippen molar-refractivity contribution in [3.8, 4) is 11.3 Å². The number of benzene rings is 1. The van der Waals surface area contributed by atoms with Gasteiger partial charge in [-0.05, 0) is 43.2 Å². The third-order valence-corrected chi connectivity index (χ3v) is 3.20. The number of nitrogens with zero attached hydrogens (tertiary/aromatic N) is 1. The molecule has 0 aliphatic heterocycles. The van der Waals surface area contributed by atoms with E-state index >= 15 is 0 Å². The number of amides is 2. The van der Waals surface area contributed by atoms with Crippen LogP contribution in [0, 0.1) is 5.82 Å². The number of nitrogens with one attached hydrogen (secondary N) is 3. The lowest BCUT2D eigenvalue weighted by molar-refractivity contribution is -0.129. The molecular formula is C15H17FN4O3. The SMILES string of the molecule is O=C(CCCCNC(=O)c1cc(-c2ccc(F)cc2)n[nH]1)NO. The normalized spacial score (nSPS) is 10.3. The third kappa shape index (κ3) is 4.89. The minimum Gasteiger partial charge on any atom is -0.351 e. The highest BCUT2D eigenvalue weighted by Crippen LogP contribution is 2.17. The van der Waals surface area contributed by atoms with E-state index in [4.69, 9.17) is 5.21 Å². The van der Waals surface area contributed by atoms with E-state index in [-0.39, 0.29) is 18.1 Å². The molecule has 0 aliphatic carbocycles. The number of H-pyrrole nitrogens is 1. The van der Waals surface area contributed by atoms with Crippen LogP contribution in [0.1, 0.15) is 29.8 Å². The summed E-state index contributed by atoms with van der Waals surface area (Å²) in [5.41, 5.74) is 3.11. The number of unbranched alkanes of at least 4 members (excludes halogenated alkanes) is 1. The molecule has 0 saturated carbocycles. The summed E-state index contributed by atoms with van der Waals surface area (Å²) in [6, 6.07) is 7.40. The summed E-state index contributed by atoms with van der Waals surface area (Å²) >= 11 is 0. The van der Waals surface area contributed by atoms with Crippen molar-refractivity contribution in [1.82, 2.24) is 21.0 Å². The van der Waals surface area contributed by atoms with Crippen molar-refractivity contribution in [3.05, 3.63) is 41.8 Å². The van der Waals surface area contributed by atoms with Gasteiger partial charge in [-0.1, -0.05) is 0 Å². The van der Waals surface area contributed by atoms with Crippen molar-refractivity contribution in [2.24, 2.45) is 0 Å². The van der Waals surface area contributed by atoms with Crippen LogP contribution in [0.4, 0.5) is 4.39 Å². The van der Waals surface area contributed by atoms with Crippen LogP contribution >= 0.6 is 0 Å². The summed E-state index contributed by atoms with van der Waals surface area (Å²) in [7, 11) is 0. The number of hydroxylamine groups is 1. The van der Waals surface area contributed by atoms with Crippen LogP contribution in [-0.2, 0) is 4.79 Å². The smallest absolute Gasteiger partial charge is 0.269 e. The first kappa shape index (κ1) is 16.6. The molecular weight excluding hydrogens is 303 g/mol. The maximum absolute atomic E-state index is 12.9. The van der Waals surface area contributed by atoms with Gasteiger partial charge in [0.15, 0.2) is 0 Å².